The van der Waals surface area contributed by atoms with Crippen LogP contribution < -0.4 is 5.48 Å². The molecule has 2 aliphatic rings. The molecule has 2 aromatic rings. The van der Waals surface area contributed by atoms with Crippen molar-refractivity contribution in [3.63, 3.8) is 0 Å². The summed E-state index contributed by atoms with van der Waals surface area (Å²) in [4.78, 5) is 35.3. The van der Waals surface area contributed by atoms with Crippen molar-refractivity contribution in [2.45, 2.75) is 57.9 Å². The van der Waals surface area contributed by atoms with E-state index in [-0.39, 0.29) is 23.8 Å². The zero-order valence-electron chi connectivity index (χ0n) is 16.3. The van der Waals surface area contributed by atoms with Crippen LogP contribution in [0.4, 0.5) is 0 Å². The number of aromatic nitrogens is 2. The highest BCUT2D eigenvalue weighted by Crippen LogP contribution is 2.58. The minimum absolute atomic E-state index is 0.00582. The molecule has 2 amide bonds. The molecule has 2 heterocycles. The lowest BCUT2D eigenvalue weighted by Crippen LogP contribution is -2.38. The number of amides is 2. The molecule has 0 radical (unpaired) electrons. The third kappa shape index (κ3) is 3.63. The zero-order valence-corrected chi connectivity index (χ0v) is 16.3. The van der Waals surface area contributed by atoms with E-state index in [1.807, 2.05) is 29.2 Å². The van der Waals surface area contributed by atoms with Crippen LogP contribution in [0.2, 0.25) is 0 Å². The van der Waals surface area contributed by atoms with Crippen LogP contribution in [0.15, 0.2) is 24.3 Å². The Bertz CT molecular complexity index is 840. The number of fused-ring (bicyclic) bond motifs is 1. The summed E-state index contributed by atoms with van der Waals surface area (Å²) in [5.74, 6) is -0.0755. The van der Waals surface area contributed by atoms with Gasteiger partial charge in [-0.05, 0) is 43.2 Å². The molecule has 7 heteroatoms. The molecule has 0 bridgehead atoms. The van der Waals surface area contributed by atoms with Crippen LogP contribution >= 0.6 is 0 Å². The summed E-state index contributed by atoms with van der Waals surface area (Å²) in [6.45, 7) is 2.80. The van der Waals surface area contributed by atoms with Gasteiger partial charge in [0.25, 0.3) is 0 Å². The van der Waals surface area contributed by atoms with Gasteiger partial charge in [-0.3, -0.25) is 14.8 Å². The number of carbonyl (C=O) groups excluding carboxylic acids is 2. The third-order valence-corrected chi connectivity index (χ3v) is 6.28. The van der Waals surface area contributed by atoms with Gasteiger partial charge in [-0.1, -0.05) is 31.9 Å². The first kappa shape index (κ1) is 18.9. The van der Waals surface area contributed by atoms with Gasteiger partial charge in [-0.2, -0.15) is 0 Å². The van der Waals surface area contributed by atoms with Crippen molar-refractivity contribution in [3.05, 3.63) is 30.1 Å². The van der Waals surface area contributed by atoms with E-state index in [1.54, 1.807) is 5.48 Å². The Morgan fingerprint density at radius 2 is 2.18 bits per heavy atom. The molecule has 1 aromatic heterocycles. The molecule has 2 fully saturated rings. The molecule has 1 saturated carbocycles. The number of H-pyrrole nitrogens is 1. The average Bonchev–Trinajstić information content (AvgIpc) is 3.15. The number of likely N-dealkylation sites (tertiary alicyclic amines) is 1. The number of imidazole rings is 1. The third-order valence-electron chi connectivity index (χ3n) is 6.28. The van der Waals surface area contributed by atoms with E-state index in [2.05, 4.69) is 11.9 Å². The van der Waals surface area contributed by atoms with E-state index in [4.69, 9.17) is 10.2 Å². The van der Waals surface area contributed by atoms with E-state index in [9.17, 15) is 9.59 Å². The number of nitrogens with zero attached hydrogens (tertiary/aromatic N) is 2. The molecule has 1 aromatic carbocycles. The van der Waals surface area contributed by atoms with Crippen molar-refractivity contribution in [1.82, 2.24) is 20.3 Å². The fourth-order valence-corrected chi connectivity index (χ4v) is 4.47. The lowest BCUT2D eigenvalue weighted by Gasteiger charge is -2.27. The van der Waals surface area contributed by atoms with Gasteiger partial charge in [-0.25, -0.2) is 10.5 Å². The Kier molecular flexibility index (Phi) is 5.10. The number of carbonyl (C=O) groups is 2. The van der Waals surface area contributed by atoms with Crippen LogP contribution in [-0.2, 0) is 9.59 Å². The van der Waals surface area contributed by atoms with E-state index in [1.165, 1.54) is 0 Å². The molecule has 2 atom stereocenters. The van der Waals surface area contributed by atoms with Gasteiger partial charge >= 0.3 is 0 Å². The average molecular weight is 384 g/mol. The molecule has 0 unspecified atom stereocenters. The van der Waals surface area contributed by atoms with Gasteiger partial charge in [0.15, 0.2) is 0 Å². The second-order valence-corrected chi connectivity index (χ2v) is 8.40. The van der Waals surface area contributed by atoms with Crippen molar-refractivity contribution < 1.29 is 14.8 Å². The molecule has 150 valence electrons. The summed E-state index contributed by atoms with van der Waals surface area (Å²) in [6.07, 6.45) is 5.72. The highest BCUT2D eigenvalue weighted by Gasteiger charge is 2.54. The van der Waals surface area contributed by atoms with Crippen molar-refractivity contribution in [1.29, 1.82) is 0 Å². The van der Waals surface area contributed by atoms with Gasteiger partial charge in [-0.15, -0.1) is 0 Å². The number of para-hydroxylation sites is 2. The fourth-order valence-electron chi connectivity index (χ4n) is 4.47. The maximum absolute atomic E-state index is 13.4. The van der Waals surface area contributed by atoms with Crippen LogP contribution in [0.5, 0.6) is 0 Å². The monoisotopic (exact) mass is 384 g/mol. The first-order chi connectivity index (χ1) is 13.5. The van der Waals surface area contributed by atoms with Crippen molar-refractivity contribution in [3.8, 4) is 0 Å². The lowest BCUT2D eigenvalue weighted by molar-refractivity contribution is -0.141. The van der Waals surface area contributed by atoms with Crippen LogP contribution in [0.3, 0.4) is 0 Å². The molecule has 7 nitrogen and oxygen atoms in total. The smallest absolute Gasteiger partial charge is 0.244 e. The summed E-state index contributed by atoms with van der Waals surface area (Å²) in [7, 11) is 0. The maximum Gasteiger partial charge on any atom is 0.244 e. The number of hydrogen-bond acceptors (Lipinski definition) is 4. The van der Waals surface area contributed by atoms with Gasteiger partial charge in [0.05, 0.1) is 17.1 Å². The number of rotatable bonds is 7. The predicted molar refractivity (Wildman–Crippen MR) is 104 cm³/mol. The fraction of sp³-hybridized carbons (Fsp3) is 0.571. The van der Waals surface area contributed by atoms with Crippen molar-refractivity contribution in [2.24, 2.45) is 11.3 Å². The van der Waals surface area contributed by atoms with E-state index >= 15 is 0 Å². The summed E-state index contributed by atoms with van der Waals surface area (Å²) in [6, 6.07) is 7.82. The van der Waals surface area contributed by atoms with Crippen LogP contribution in [0.1, 0.15) is 63.7 Å². The highest BCUT2D eigenvalue weighted by atomic mass is 16.5. The Morgan fingerprint density at radius 1 is 1.39 bits per heavy atom. The zero-order chi connectivity index (χ0) is 19.7. The minimum atomic E-state index is -0.505. The Morgan fingerprint density at radius 3 is 2.86 bits per heavy atom. The van der Waals surface area contributed by atoms with Crippen molar-refractivity contribution >= 4 is 22.8 Å². The summed E-state index contributed by atoms with van der Waals surface area (Å²) in [5, 5.41) is 8.92. The Balaban J connectivity index is 1.60. The van der Waals surface area contributed by atoms with E-state index < -0.39 is 11.8 Å². The van der Waals surface area contributed by atoms with Gasteiger partial charge < -0.3 is 9.88 Å². The molecule has 1 aliphatic heterocycles. The molecule has 1 saturated heterocycles. The number of unbranched alkanes of at least 4 members (excludes halogenated alkanes) is 1. The van der Waals surface area contributed by atoms with Crippen LogP contribution in [0, 0.1) is 11.3 Å². The summed E-state index contributed by atoms with van der Waals surface area (Å²) < 4.78 is 0. The second-order valence-electron chi connectivity index (χ2n) is 8.40. The molecule has 1 spiro atoms. The molecule has 1 aliphatic carbocycles. The summed E-state index contributed by atoms with van der Waals surface area (Å²) in [5.41, 5.74) is 3.78. The van der Waals surface area contributed by atoms with Gasteiger partial charge in [0.2, 0.25) is 11.8 Å². The number of hydrogen-bond donors (Lipinski definition) is 3. The minimum Gasteiger partial charge on any atom is -0.340 e. The SMILES string of the molecule is CCCC[C@H](CC(=O)NO)C(=O)N1CC2(CC2)C[C@@H]1c1nc2ccccc2[nH]1. The maximum atomic E-state index is 13.4. The predicted octanol–water partition coefficient (Wildman–Crippen LogP) is 3.32. The first-order valence-corrected chi connectivity index (χ1v) is 10.2. The molecular weight excluding hydrogens is 356 g/mol. The number of benzene rings is 1. The van der Waals surface area contributed by atoms with Crippen LogP contribution in [-0.4, -0.2) is 38.4 Å². The Hall–Kier alpha value is -2.41. The quantitative estimate of drug-likeness (QED) is 0.504. The normalized spacial score (nSPS) is 21.2. The first-order valence-electron chi connectivity index (χ1n) is 10.2. The van der Waals surface area contributed by atoms with E-state index in [0.717, 1.165) is 55.5 Å². The molecule has 3 N–H and O–H groups in total. The highest BCUT2D eigenvalue weighted by molar-refractivity contribution is 5.86. The number of nitrogens with one attached hydrogen (secondary N) is 2. The standard InChI is InChI=1S/C21H28N4O3/c1-2-3-6-14(11-18(26)24-28)20(27)25-13-21(9-10-21)12-17(25)19-22-15-7-4-5-8-16(15)23-19/h4-5,7-8,14,17,28H,2-3,6,9-13H2,1H3,(H,22,23)(H,24,26)/t14-,17-/m1/s1. The van der Waals surface area contributed by atoms with E-state index in [0.29, 0.717) is 6.42 Å². The Labute approximate surface area is 164 Å². The number of hydroxylamine groups is 1. The molecular formula is C21H28N4O3. The largest absolute Gasteiger partial charge is 0.340 e. The lowest BCUT2D eigenvalue weighted by atomic mass is 9.96. The summed E-state index contributed by atoms with van der Waals surface area (Å²) >= 11 is 0. The molecule has 4 rings (SSSR count). The number of aromatic amines is 1. The van der Waals surface area contributed by atoms with Gasteiger partial charge in [0, 0.05) is 18.9 Å². The second kappa shape index (κ2) is 7.54. The van der Waals surface area contributed by atoms with Gasteiger partial charge in [0.1, 0.15) is 5.82 Å². The molecule has 28 heavy (non-hydrogen) atoms. The van der Waals surface area contributed by atoms with Crippen LogP contribution in [0.25, 0.3) is 11.0 Å². The topological polar surface area (TPSA) is 98.3 Å². The van der Waals surface area contributed by atoms with Crippen molar-refractivity contribution in [2.75, 3.05) is 6.54 Å².